The fraction of sp³-hybridized carbons (Fsp3) is 0.571. The van der Waals surface area contributed by atoms with Crippen LogP contribution in [0.4, 0.5) is 0 Å². The number of hydrogen-bond acceptors (Lipinski definition) is 3. The summed E-state index contributed by atoms with van der Waals surface area (Å²) in [6.45, 7) is 8.70. The zero-order valence-electron chi connectivity index (χ0n) is 12.6. The minimum atomic E-state index is 0.649. The van der Waals surface area contributed by atoms with E-state index in [4.69, 9.17) is 11.6 Å². The lowest BCUT2D eigenvalue weighted by atomic mass is 10.2. The topological polar surface area (TPSA) is 47.7 Å². The highest BCUT2D eigenvalue weighted by Gasteiger charge is 2.14. The molecular formula is C14H22ClN5. The van der Waals surface area contributed by atoms with Crippen LogP contribution in [0.5, 0.6) is 0 Å². The van der Waals surface area contributed by atoms with Gasteiger partial charge in [0.15, 0.2) is 0 Å². The van der Waals surface area contributed by atoms with Crippen LogP contribution >= 0.6 is 11.6 Å². The molecule has 0 spiro atoms. The lowest BCUT2D eigenvalue weighted by Crippen LogP contribution is -2.15. The van der Waals surface area contributed by atoms with Gasteiger partial charge < -0.3 is 5.32 Å². The predicted molar refractivity (Wildman–Crippen MR) is 81.0 cm³/mol. The molecule has 0 amide bonds. The Morgan fingerprint density at radius 1 is 1.35 bits per heavy atom. The van der Waals surface area contributed by atoms with Crippen LogP contribution in [-0.4, -0.2) is 26.1 Å². The minimum absolute atomic E-state index is 0.649. The number of nitrogens with zero attached hydrogens (tertiary/aromatic N) is 4. The van der Waals surface area contributed by atoms with Crippen LogP contribution in [0.3, 0.4) is 0 Å². The number of halogens is 1. The Morgan fingerprint density at radius 2 is 2.10 bits per heavy atom. The molecule has 2 aromatic rings. The Morgan fingerprint density at radius 3 is 2.70 bits per heavy atom. The van der Waals surface area contributed by atoms with Crippen LogP contribution in [0.1, 0.15) is 36.0 Å². The van der Waals surface area contributed by atoms with Gasteiger partial charge in [0.1, 0.15) is 0 Å². The average Bonchev–Trinajstić information content (AvgIpc) is 2.87. The van der Waals surface area contributed by atoms with E-state index in [2.05, 4.69) is 29.4 Å². The van der Waals surface area contributed by atoms with Gasteiger partial charge in [0.25, 0.3) is 0 Å². The first kappa shape index (κ1) is 15.1. The van der Waals surface area contributed by atoms with Crippen molar-refractivity contribution in [3.05, 3.63) is 33.9 Å². The van der Waals surface area contributed by atoms with Crippen LogP contribution < -0.4 is 5.32 Å². The summed E-state index contributed by atoms with van der Waals surface area (Å²) in [7, 11) is 1.91. The van der Waals surface area contributed by atoms with E-state index in [1.54, 1.807) is 0 Å². The summed E-state index contributed by atoms with van der Waals surface area (Å²) >= 11 is 6.29. The van der Waals surface area contributed by atoms with Gasteiger partial charge >= 0.3 is 0 Å². The average molecular weight is 296 g/mol. The summed E-state index contributed by atoms with van der Waals surface area (Å²) in [5.41, 5.74) is 4.25. The third kappa shape index (κ3) is 3.04. The molecule has 5 nitrogen and oxygen atoms in total. The van der Waals surface area contributed by atoms with Crippen molar-refractivity contribution in [2.24, 2.45) is 7.05 Å². The van der Waals surface area contributed by atoms with E-state index in [1.807, 2.05) is 29.5 Å². The quantitative estimate of drug-likeness (QED) is 0.833. The van der Waals surface area contributed by atoms with E-state index in [1.165, 1.54) is 11.3 Å². The molecule has 0 bridgehead atoms. The molecule has 0 aliphatic heterocycles. The third-order valence-corrected chi connectivity index (χ3v) is 4.00. The maximum absolute atomic E-state index is 6.29. The molecule has 0 atom stereocenters. The Labute approximate surface area is 124 Å². The Balaban J connectivity index is 2.14. The first-order chi connectivity index (χ1) is 9.54. The molecular weight excluding hydrogens is 274 g/mol. The summed E-state index contributed by atoms with van der Waals surface area (Å²) in [6.07, 6.45) is 3.06. The van der Waals surface area contributed by atoms with Crippen molar-refractivity contribution in [2.75, 3.05) is 6.54 Å². The molecule has 0 aromatic carbocycles. The molecule has 0 radical (unpaired) electrons. The van der Waals surface area contributed by atoms with E-state index < -0.39 is 0 Å². The molecule has 1 N–H and O–H groups in total. The van der Waals surface area contributed by atoms with Crippen LogP contribution in [0.25, 0.3) is 0 Å². The summed E-state index contributed by atoms with van der Waals surface area (Å²) < 4.78 is 3.80. The smallest absolute Gasteiger partial charge is 0.0866 e. The van der Waals surface area contributed by atoms with Gasteiger partial charge in [-0.05, 0) is 26.8 Å². The van der Waals surface area contributed by atoms with Crippen molar-refractivity contribution >= 4 is 11.6 Å². The van der Waals surface area contributed by atoms with Gasteiger partial charge in [0, 0.05) is 24.8 Å². The van der Waals surface area contributed by atoms with Gasteiger partial charge in [0.2, 0.25) is 0 Å². The standard InChI is InChI=1S/C14H22ClN5/c1-5-6-16-7-12-8-17-20(11(12)3)9-13-14(15)10(2)18-19(13)4/h8,16H,5-7,9H2,1-4H3. The van der Waals surface area contributed by atoms with E-state index in [0.29, 0.717) is 6.54 Å². The maximum atomic E-state index is 6.29. The fourth-order valence-corrected chi connectivity index (χ4v) is 2.43. The first-order valence-electron chi connectivity index (χ1n) is 6.94. The number of nitrogens with one attached hydrogen (secondary N) is 1. The van der Waals surface area contributed by atoms with Gasteiger partial charge in [-0.2, -0.15) is 10.2 Å². The second-order valence-corrected chi connectivity index (χ2v) is 5.44. The van der Waals surface area contributed by atoms with Crippen LogP contribution in [0, 0.1) is 13.8 Å². The summed E-state index contributed by atoms with van der Waals surface area (Å²) in [6, 6.07) is 0. The normalized spacial score (nSPS) is 11.2. The number of aromatic nitrogens is 4. The van der Waals surface area contributed by atoms with E-state index in [0.717, 1.165) is 35.9 Å². The van der Waals surface area contributed by atoms with Crippen molar-refractivity contribution < 1.29 is 0 Å². The third-order valence-electron chi connectivity index (χ3n) is 3.51. The van der Waals surface area contributed by atoms with Crippen molar-refractivity contribution in [1.82, 2.24) is 24.9 Å². The lowest BCUT2D eigenvalue weighted by Gasteiger charge is -2.07. The minimum Gasteiger partial charge on any atom is -0.313 e. The Hall–Kier alpha value is -1.33. The van der Waals surface area contributed by atoms with Gasteiger partial charge in [-0.15, -0.1) is 0 Å². The summed E-state index contributed by atoms with van der Waals surface area (Å²) in [5, 5.41) is 12.9. The molecule has 0 unspecified atom stereocenters. The molecule has 2 rings (SSSR count). The highest BCUT2D eigenvalue weighted by atomic mass is 35.5. The number of aryl methyl sites for hydroxylation is 2. The monoisotopic (exact) mass is 295 g/mol. The van der Waals surface area contributed by atoms with Gasteiger partial charge in [0.05, 0.1) is 29.2 Å². The Kier molecular flexibility index (Phi) is 4.83. The second-order valence-electron chi connectivity index (χ2n) is 5.06. The van der Waals surface area contributed by atoms with Crippen LogP contribution in [-0.2, 0) is 20.1 Å². The summed E-state index contributed by atoms with van der Waals surface area (Å²) in [5.74, 6) is 0. The van der Waals surface area contributed by atoms with E-state index >= 15 is 0 Å². The zero-order chi connectivity index (χ0) is 14.7. The molecule has 0 saturated heterocycles. The molecule has 6 heteroatoms. The van der Waals surface area contributed by atoms with E-state index in [-0.39, 0.29) is 0 Å². The fourth-order valence-electron chi connectivity index (χ4n) is 2.21. The van der Waals surface area contributed by atoms with Crippen molar-refractivity contribution in [2.45, 2.75) is 40.3 Å². The molecule has 2 heterocycles. The zero-order valence-corrected chi connectivity index (χ0v) is 13.3. The molecule has 0 fully saturated rings. The van der Waals surface area contributed by atoms with Gasteiger partial charge in [-0.1, -0.05) is 18.5 Å². The van der Waals surface area contributed by atoms with Crippen molar-refractivity contribution in [1.29, 1.82) is 0 Å². The molecule has 0 aliphatic carbocycles. The SMILES string of the molecule is CCCNCc1cnn(Cc2c(Cl)c(C)nn2C)c1C. The van der Waals surface area contributed by atoms with Gasteiger partial charge in [-0.25, -0.2) is 0 Å². The number of hydrogen-bond donors (Lipinski definition) is 1. The maximum Gasteiger partial charge on any atom is 0.0866 e. The summed E-state index contributed by atoms with van der Waals surface area (Å²) in [4.78, 5) is 0. The number of rotatable bonds is 6. The molecule has 110 valence electrons. The molecule has 20 heavy (non-hydrogen) atoms. The van der Waals surface area contributed by atoms with Crippen LogP contribution in [0.15, 0.2) is 6.20 Å². The highest BCUT2D eigenvalue weighted by Crippen LogP contribution is 2.21. The van der Waals surface area contributed by atoms with Crippen LogP contribution in [0.2, 0.25) is 5.02 Å². The Bertz CT molecular complexity index is 585. The second kappa shape index (κ2) is 6.41. The molecule has 0 aliphatic rings. The lowest BCUT2D eigenvalue weighted by molar-refractivity contribution is 0.604. The van der Waals surface area contributed by atoms with E-state index in [9.17, 15) is 0 Å². The largest absolute Gasteiger partial charge is 0.313 e. The van der Waals surface area contributed by atoms with Crippen molar-refractivity contribution in [3.8, 4) is 0 Å². The van der Waals surface area contributed by atoms with Gasteiger partial charge in [-0.3, -0.25) is 9.36 Å². The highest BCUT2D eigenvalue weighted by molar-refractivity contribution is 6.31. The van der Waals surface area contributed by atoms with Crippen molar-refractivity contribution in [3.63, 3.8) is 0 Å². The molecule has 2 aromatic heterocycles. The first-order valence-corrected chi connectivity index (χ1v) is 7.32. The molecule has 0 saturated carbocycles. The predicted octanol–water partition coefficient (Wildman–Crippen LogP) is 2.43.